The van der Waals surface area contributed by atoms with Crippen molar-refractivity contribution >= 4 is 23.3 Å². The number of rotatable bonds is 3. The zero-order chi connectivity index (χ0) is 12.6. The Morgan fingerprint density at radius 3 is 2.71 bits per heavy atom. The number of anilines is 1. The smallest absolute Gasteiger partial charge is 0.339 e. The van der Waals surface area contributed by atoms with Crippen LogP contribution in [0.25, 0.3) is 0 Å². The van der Waals surface area contributed by atoms with Gasteiger partial charge in [-0.15, -0.1) is 0 Å². The summed E-state index contributed by atoms with van der Waals surface area (Å²) in [5.74, 6) is -0.692. The molecule has 0 aromatic heterocycles. The second-order valence-electron chi connectivity index (χ2n) is 4.14. The molecular weight excluding hydrogens is 242 g/mol. The number of ether oxygens (including phenoxy) is 1. The van der Waals surface area contributed by atoms with Crippen LogP contribution >= 0.6 is 11.6 Å². The van der Waals surface area contributed by atoms with Gasteiger partial charge in [-0.25, -0.2) is 4.79 Å². The minimum Gasteiger partial charge on any atom is -0.496 e. The van der Waals surface area contributed by atoms with Gasteiger partial charge < -0.3 is 14.7 Å². The van der Waals surface area contributed by atoms with Crippen molar-refractivity contribution in [2.75, 3.05) is 18.6 Å². The minimum absolute atomic E-state index is 0.0921. The molecule has 1 aromatic carbocycles. The molecule has 17 heavy (non-hydrogen) atoms. The second kappa shape index (κ2) is 4.45. The first-order chi connectivity index (χ1) is 8.04. The molecule has 1 fully saturated rings. The second-order valence-corrected chi connectivity index (χ2v) is 4.55. The lowest BCUT2D eigenvalue weighted by Crippen LogP contribution is -2.45. The van der Waals surface area contributed by atoms with E-state index >= 15 is 0 Å². The van der Waals surface area contributed by atoms with Crippen LogP contribution in [0.4, 0.5) is 5.69 Å². The Balaban J connectivity index is 2.44. The average Bonchev–Trinajstić information content (AvgIpc) is 2.28. The van der Waals surface area contributed by atoms with Crippen molar-refractivity contribution in [1.82, 2.24) is 0 Å². The van der Waals surface area contributed by atoms with E-state index in [9.17, 15) is 4.79 Å². The van der Waals surface area contributed by atoms with E-state index in [0.29, 0.717) is 16.8 Å². The van der Waals surface area contributed by atoms with E-state index < -0.39 is 5.97 Å². The van der Waals surface area contributed by atoms with E-state index in [-0.39, 0.29) is 5.56 Å². The van der Waals surface area contributed by atoms with E-state index in [2.05, 4.69) is 11.8 Å². The number of aromatic carboxylic acids is 1. The van der Waals surface area contributed by atoms with Gasteiger partial charge in [0.05, 0.1) is 17.8 Å². The summed E-state index contributed by atoms with van der Waals surface area (Å²) in [4.78, 5) is 13.1. The predicted octanol–water partition coefficient (Wildman–Crippen LogP) is 2.65. The topological polar surface area (TPSA) is 49.8 Å². The molecule has 1 heterocycles. The highest BCUT2D eigenvalue weighted by molar-refractivity contribution is 6.33. The van der Waals surface area contributed by atoms with Crippen LogP contribution in [0.1, 0.15) is 23.7 Å². The van der Waals surface area contributed by atoms with Gasteiger partial charge in [0.2, 0.25) is 0 Å². The first-order valence-corrected chi connectivity index (χ1v) is 5.80. The van der Waals surface area contributed by atoms with E-state index in [0.717, 1.165) is 18.7 Å². The fourth-order valence-electron chi connectivity index (χ4n) is 1.97. The molecule has 0 spiro atoms. The molecule has 5 heteroatoms. The predicted molar refractivity (Wildman–Crippen MR) is 66.4 cm³/mol. The van der Waals surface area contributed by atoms with Gasteiger partial charge >= 0.3 is 5.97 Å². The van der Waals surface area contributed by atoms with Crippen molar-refractivity contribution in [2.45, 2.75) is 19.4 Å². The molecular formula is C12H14ClNO3. The monoisotopic (exact) mass is 255 g/mol. The summed E-state index contributed by atoms with van der Waals surface area (Å²) in [6, 6.07) is 3.58. The van der Waals surface area contributed by atoms with Crippen molar-refractivity contribution in [3.05, 3.63) is 22.7 Å². The molecule has 4 nitrogen and oxygen atoms in total. The average molecular weight is 256 g/mol. The van der Waals surface area contributed by atoms with Gasteiger partial charge in [0.15, 0.2) is 0 Å². The van der Waals surface area contributed by atoms with Crippen LogP contribution in [-0.4, -0.2) is 30.8 Å². The molecule has 92 valence electrons. The van der Waals surface area contributed by atoms with E-state index in [4.69, 9.17) is 21.4 Å². The maximum absolute atomic E-state index is 11.0. The Kier molecular flexibility index (Phi) is 3.15. The Morgan fingerprint density at radius 2 is 2.29 bits per heavy atom. The Morgan fingerprint density at radius 1 is 1.59 bits per heavy atom. The first-order valence-electron chi connectivity index (χ1n) is 5.42. The molecule has 1 N–H and O–H groups in total. The molecule has 0 saturated carbocycles. The van der Waals surface area contributed by atoms with Gasteiger partial charge in [0, 0.05) is 18.7 Å². The lowest BCUT2D eigenvalue weighted by atomic mass is 10.0. The molecule has 1 aliphatic heterocycles. The maximum atomic E-state index is 11.0. The zero-order valence-corrected chi connectivity index (χ0v) is 10.5. The lowest BCUT2D eigenvalue weighted by molar-refractivity contribution is 0.0693. The van der Waals surface area contributed by atoms with Crippen molar-refractivity contribution in [2.24, 2.45) is 0 Å². The molecule has 0 bridgehead atoms. The quantitative estimate of drug-likeness (QED) is 0.902. The van der Waals surface area contributed by atoms with E-state index in [1.54, 1.807) is 6.07 Å². The van der Waals surface area contributed by atoms with Crippen LogP contribution in [0.3, 0.4) is 0 Å². The Bertz CT molecular complexity index is 461. The molecule has 2 rings (SSSR count). The van der Waals surface area contributed by atoms with Crippen LogP contribution in [0.2, 0.25) is 5.02 Å². The molecule has 1 unspecified atom stereocenters. The third kappa shape index (κ3) is 2.05. The summed E-state index contributed by atoms with van der Waals surface area (Å²) in [5, 5.41) is 9.48. The molecule has 1 aliphatic rings. The van der Waals surface area contributed by atoms with Gasteiger partial charge in [0.1, 0.15) is 11.3 Å². The summed E-state index contributed by atoms with van der Waals surface area (Å²) in [5.41, 5.74) is 0.932. The van der Waals surface area contributed by atoms with Crippen molar-refractivity contribution in [3.8, 4) is 5.75 Å². The number of benzene rings is 1. The van der Waals surface area contributed by atoms with Crippen molar-refractivity contribution < 1.29 is 14.6 Å². The molecule has 1 saturated heterocycles. The van der Waals surface area contributed by atoms with Crippen LogP contribution in [-0.2, 0) is 0 Å². The van der Waals surface area contributed by atoms with Crippen LogP contribution in [0, 0.1) is 0 Å². The van der Waals surface area contributed by atoms with Gasteiger partial charge in [-0.05, 0) is 19.4 Å². The largest absolute Gasteiger partial charge is 0.496 e. The third-order valence-electron chi connectivity index (χ3n) is 3.13. The van der Waals surface area contributed by atoms with Crippen LogP contribution in [0.5, 0.6) is 5.75 Å². The molecule has 1 aromatic rings. The lowest BCUT2D eigenvalue weighted by Gasteiger charge is -2.41. The van der Waals surface area contributed by atoms with Crippen LogP contribution < -0.4 is 9.64 Å². The van der Waals surface area contributed by atoms with E-state index in [1.807, 2.05) is 0 Å². The highest BCUT2D eigenvalue weighted by Gasteiger charge is 2.27. The summed E-state index contributed by atoms with van der Waals surface area (Å²) in [7, 11) is 1.46. The number of carbonyl (C=O) groups is 1. The van der Waals surface area contributed by atoms with Gasteiger partial charge in [0.25, 0.3) is 0 Å². The third-order valence-corrected chi connectivity index (χ3v) is 3.43. The molecule has 0 amide bonds. The number of nitrogens with zero attached hydrogens (tertiary/aromatic N) is 1. The number of carboxylic acids is 1. The zero-order valence-electron chi connectivity index (χ0n) is 9.74. The molecule has 0 radical (unpaired) electrons. The van der Waals surface area contributed by atoms with Gasteiger partial charge in [-0.1, -0.05) is 11.6 Å². The fraction of sp³-hybridized carbons (Fsp3) is 0.417. The number of hydrogen-bond acceptors (Lipinski definition) is 3. The molecule has 0 aliphatic carbocycles. The van der Waals surface area contributed by atoms with Crippen molar-refractivity contribution in [1.29, 1.82) is 0 Å². The first kappa shape index (κ1) is 12.0. The number of halogens is 1. The number of carboxylic acid groups (broad SMARTS) is 1. The number of hydrogen-bond donors (Lipinski definition) is 1. The summed E-state index contributed by atoms with van der Waals surface area (Å²) < 4.78 is 5.09. The van der Waals surface area contributed by atoms with Crippen molar-refractivity contribution in [3.63, 3.8) is 0 Å². The normalized spacial score (nSPS) is 18.8. The Hall–Kier alpha value is -1.42. The Labute approximate surface area is 105 Å². The summed E-state index contributed by atoms with van der Waals surface area (Å²) in [6.07, 6.45) is 1.12. The minimum atomic E-state index is -1.04. The van der Waals surface area contributed by atoms with E-state index in [1.165, 1.54) is 13.2 Å². The SMILES string of the molecule is COc1cc(N2CCC2C)c(Cl)cc1C(=O)O. The highest BCUT2D eigenvalue weighted by atomic mass is 35.5. The van der Waals surface area contributed by atoms with Gasteiger partial charge in [-0.3, -0.25) is 0 Å². The maximum Gasteiger partial charge on any atom is 0.339 e. The number of methoxy groups -OCH3 is 1. The molecule has 1 atom stereocenters. The van der Waals surface area contributed by atoms with Crippen LogP contribution in [0.15, 0.2) is 12.1 Å². The summed E-state index contributed by atoms with van der Waals surface area (Å²) in [6.45, 7) is 3.05. The fourth-order valence-corrected chi connectivity index (χ4v) is 2.25. The highest BCUT2D eigenvalue weighted by Crippen LogP contribution is 2.37. The summed E-state index contributed by atoms with van der Waals surface area (Å²) >= 11 is 6.11. The van der Waals surface area contributed by atoms with Gasteiger partial charge in [-0.2, -0.15) is 0 Å². The standard InChI is InChI=1S/C12H14ClNO3/c1-7-3-4-14(7)10-6-11(17-2)8(12(15)16)5-9(10)13/h5-7H,3-4H2,1-2H3,(H,15,16).